The molecule has 2 bridgehead atoms. The molecule has 4 atom stereocenters. The van der Waals surface area contributed by atoms with E-state index in [-0.39, 0.29) is 46.7 Å². The maximum Gasteiger partial charge on any atom is 0.258 e. The number of likely N-dealkylation sites (tertiary alicyclic amines) is 1. The zero-order valence-corrected chi connectivity index (χ0v) is 26.3. The van der Waals surface area contributed by atoms with Gasteiger partial charge in [-0.3, -0.25) is 9.59 Å². The Morgan fingerprint density at radius 1 is 1.07 bits per heavy atom. The number of nitrogens with one attached hydrogen (secondary N) is 1. The van der Waals surface area contributed by atoms with Gasteiger partial charge in [0.2, 0.25) is 5.91 Å². The lowest BCUT2D eigenvalue weighted by Gasteiger charge is -2.61. The van der Waals surface area contributed by atoms with Crippen molar-refractivity contribution >= 4 is 17.6 Å². The van der Waals surface area contributed by atoms with Gasteiger partial charge in [-0.1, -0.05) is 12.8 Å². The van der Waals surface area contributed by atoms with Gasteiger partial charge in [-0.25, -0.2) is 14.4 Å². The van der Waals surface area contributed by atoms with Crippen LogP contribution in [-0.4, -0.2) is 81.9 Å². The van der Waals surface area contributed by atoms with Crippen LogP contribution >= 0.6 is 0 Å². The molecule has 2 amide bonds. The van der Waals surface area contributed by atoms with E-state index in [2.05, 4.69) is 25.1 Å². The fourth-order valence-corrected chi connectivity index (χ4v) is 8.43. The molecule has 2 saturated carbocycles. The number of halogens is 1. The molecule has 9 nitrogen and oxygen atoms in total. The highest BCUT2D eigenvalue weighted by atomic mass is 19.1. The van der Waals surface area contributed by atoms with Crippen LogP contribution in [0.5, 0.6) is 11.5 Å². The van der Waals surface area contributed by atoms with E-state index in [4.69, 9.17) is 4.74 Å². The van der Waals surface area contributed by atoms with Crippen molar-refractivity contribution in [3.8, 4) is 11.5 Å². The number of amides is 2. The number of hydrogen-bond acceptors (Lipinski definition) is 7. The molecule has 6 aliphatic rings. The van der Waals surface area contributed by atoms with Gasteiger partial charge in [-0.05, 0) is 89.3 Å². The van der Waals surface area contributed by atoms with Gasteiger partial charge in [-0.15, -0.1) is 0 Å². The summed E-state index contributed by atoms with van der Waals surface area (Å²) in [5.41, 5.74) is 0.228. The molecule has 44 heavy (non-hydrogen) atoms. The molecular formula is C34H45FN6O3. The molecule has 236 valence electrons. The summed E-state index contributed by atoms with van der Waals surface area (Å²) in [7, 11) is 0. The molecule has 6 fully saturated rings. The first kappa shape index (κ1) is 29.4. The number of nitrogens with zero attached hydrogens (tertiary/aromatic N) is 5. The Morgan fingerprint density at radius 3 is 2.48 bits per heavy atom. The van der Waals surface area contributed by atoms with Crippen LogP contribution in [0, 0.1) is 29.0 Å². The molecule has 5 heterocycles. The number of ether oxygens (including phenoxy) is 1. The molecule has 2 aromatic rings. The van der Waals surface area contributed by atoms with Crippen molar-refractivity contribution in [3.63, 3.8) is 0 Å². The van der Waals surface area contributed by atoms with Crippen LogP contribution in [-0.2, 0) is 4.79 Å². The number of benzene rings is 1. The molecule has 0 radical (unpaired) electrons. The van der Waals surface area contributed by atoms with Gasteiger partial charge in [0.25, 0.3) is 5.91 Å². The second-order valence-corrected chi connectivity index (χ2v) is 14.7. The summed E-state index contributed by atoms with van der Waals surface area (Å²) in [5, 5.41) is 3.76. The first-order valence-corrected chi connectivity index (χ1v) is 16.5. The average Bonchev–Trinajstić information content (AvgIpc) is 3.77. The van der Waals surface area contributed by atoms with Crippen LogP contribution in [0.25, 0.3) is 0 Å². The van der Waals surface area contributed by atoms with Crippen molar-refractivity contribution in [1.82, 2.24) is 25.1 Å². The molecule has 1 aromatic carbocycles. The molecule has 1 aromatic heterocycles. The summed E-state index contributed by atoms with van der Waals surface area (Å²) in [5.74, 6) is 2.98. The Morgan fingerprint density at radius 2 is 1.82 bits per heavy atom. The smallest absolute Gasteiger partial charge is 0.258 e. The summed E-state index contributed by atoms with van der Waals surface area (Å²) < 4.78 is 20.6. The van der Waals surface area contributed by atoms with E-state index in [0.29, 0.717) is 23.5 Å². The van der Waals surface area contributed by atoms with E-state index in [1.807, 2.05) is 27.7 Å². The van der Waals surface area contributed by atoms with E-state index in [9.17, 15) is 14.0 Å². The summed E-state index contributed by atoms with van der Waals surface area (Å²) in [6.07, 6.45) is 10.8. The number of carbonyl (C=O) groups is 2. The van der Waals surface area contributed by atoms with Crippen LogP contribution < -0.4 is 15.0 Å². The van der Waals surface area contributed by atoms with E-state index in [1.54, 1.807) is 11.1 Å². The average molecular weight is 605 g/mol. The molecule has 1 N–H and O–H groups in total. The van der Waals surface area contributed by atoms with Gasteiger partial charge in [0.15, 0.2) is 11.6 Å². The minimum Gasteiger partial charge on any atom is -0.451 e. The Kier molecular flexibility index (Phi) is 7.54. The minimum atomic E-state index is -0.499. The topological polar surface area (TPSA) is 90.9 Å². The maximum atomic E-state index is 14.3. The first-order chi connectivity index (χ1) is 21.1. The Labute approximate surface area is 259 Å². The van der Waals surface area contributed by atoms with Gasteiger partial charge in [0, 0.05) is 49.7 Å². The van der Waals surface area contributed by atoms with Gasteiger partial charge in [0.1, 0.15) is 17.9 Å². The molecule has 4 saturated heterocycles. The Hall–Kier alpha value is -3.27. The second kappa shape index (κ2) is 11.3. The molecule has 1 spiro atoms. The molecule has 2 aliphatic carbocycles. The summed E-state index contributed by atoms with van der Waals surface area (Å²) >= 11 is 0. The number of carbonyl (C=O) groups excluding carboxylic acids is 2. The third-order valence-corrected chi connectivity index (χ3v) is 10.6. The van der Waals surface area contributed by atoms with E-state index < -0.39 is 5.82 Å². The molecular weight excluding hydrogens is 559 g/mol. The van der Waals surface area contributed by atoms with Gasteiger partial charge < -0.3 is 24.8 Å². The summed E-state index contributed by atoms with van der Waals surface area (Å²) in [6.45, 7) is 10.8. The van der Waals surface area contributed by atoms with Crippen molar-refractivity contribution in [1.29, 1.82) is 0 Å². The third kappa shape index (κ3) is 5.43. The van der Waals surface area contributed by atoms with Gasteiger partial charge in [-0.2, -0.15) is 0 Å². The lowest BCUT2D eigenvalue weighted by atomic mass is 9.67. The fourth-order valence-electron chi connectivity index (χ4n) is 8.43. The SMILES string of the molecule is CC(C)N(C(=O)c1cc(F)ccc1Oc1cncnc1N1CC2(CN(C(=O)[C@H]3N[C@H]4CC[C@@H]3C[C@@H]4CC3CC3)C2)C1)C(C)C. The quantitative estimate of drug-likeness (QED) is 0.437. The largest absolute Gasteiger partial charge is 0.451 e. The minimum absolute atomic E-state index is 0.0190. The number of piperidine rings is 2. The van der Waals surface area contributed by atoms with Gasteiger partial charge >= 0.3 is 0 Å². The Bertz CT molecular complexity index is 1410. The number of anilines is 1. The monoisotopic (exact) mass is 604 g/mol. The van der Waals surface area contributed by atoms with Crippen LogP contribution in [0.2, 0.25) is 0 Å². The van der Waals surface area contributed by atoms with Gasteiger partial charge in [0.05, 0.1) is 17.8 Å². The number of fused-ring (bicyclic) bond motifs is 3. The highest BCUT2D eigenvalue weighted by Crippen LogP contribution is 2.48. The molecule has 4 aliphatic heterocycles. The van der Waals surface area contributed by atoms with E-state index >= 15 is 0 Å². The fraction of sp³-hybridized carbons (Fsp3) is 0.647. The maximum absolute atomic E-state index is 14.3. The highest BCUT2D eigenvalue weighted by molar-refractivity contribution is 5.97. The summed E-state index contributed by atoms with van der Waals surface area (Å²) in [6, 6.07) is 4.39. The van der Waals surface area contributed by atoms with Crippen molar-refractivity contribution in [2.75, 3.05) is 31.1 Å². The number of hydrogen-bond donors (Lipinski definition) is 1. The van der Waals surface area contributed by atoms with Crippen molar-refractivity contribution in [2.45, 2.75) is 90.4 Å². The lowest BCUT2D eigenvalue weighted by molar-refractivity contribution is -0.152. The third-order valence-electron chi connectivity index (χ3n) is 10.6. The lowest BCUT2D eigenvalue weighted by Crippen LogP contribution is -2.75. The van der Waals surface area contributed by atoms with Crippen LogP contribution in [0.1, 0.15) is 76.6 Å². The second-order valence-electron chi connectivity index (χ2n) is 14.7. The van der Waals surface area contributed by atoms with E-state index in [0.717, 1.165) is 38.0 Å². The van der Waals surface area contributed by atoms with E-state index in [1.165, 1.54) is 63.1 Å². The predicted molar refractivity (Wildman–Crippen MR) is 165 cm³/mol. The zero-order valence-electron chi connectivity index (χ0n) is 26.3. The number of aromatic nitrogens is 2. The Balaban J connectivity index is 0.989. The van der Waals surface area contributed by atoms with Crippen LogP contribution in [0.4, 0.5) is 10.2 Å². The van der Waals surface area contributed by atoms with Crippen molar-refractivity contribution < 1.29 is 18.7 Å². The first-order valence-electron chi connectivity index (χ1n) is 16.5. The van der Waals surface area contributed by atoms with Crippen molar-refractivity contribution in [2.24, 2.45) is 23.2 Å². The standard InChI is InChI=1S/C34H45FN6O3/c1-20(2)41(21(3)4)32(42)26-13-25(35)8-10-28(26)44-29-14-36-19-37-31(29)39-15-34(16-39)17-40(18-34)33(43)30-23-7-9-27(38-30)24(12-23)11-22-5-6-22/h8,10,13-14,19-24,27,30,38H,5-7,9,11-12,15-18H2,1-4H3/t23-,24+,27+,30+/m1/s1. The van der Waals surface area contributed by atoms with Crippen LogP contribution in [0.15, 0.2) is 30.7 Å². The predicted octanol–water partition coefficient (Wildman–Crippen LogP) is 4.87. The molecule has 8 rings (SSSR count). The summed E-state index contributed by atoms with van der Waals surface area (Å²) in [4.78, 5) is 41.7. The van der Waals surface area contributed by atoms with Crippen molar-refractivity contribution in [3.05, 3.63) is 42.1 Å². The molecule has 0 unspecified atom stereocenters. The number of rotatable bonds is 9. The highest BCUT2D eigenvalue weighted by Gasteiger charge is 2.56. The van der Waals surface area contributed by atoms with Crippen LogP contribution in [0.3, 0.4) is 0 Å². The zero-order chi connectivity index (χ0) is 30.7. The normalized spacial score (nSPS) is 27.0. The molecule has 10 heteroatoms.